The van der Waals surface area contributed by atoms with Crippen molar-refractivity contribution in [2.24, 2.45) is 7.05 Å². The minimum absolute atomic E-state index is 0.594. The zero-order valence-electron chi connectivity index (χ0n) is 10.7. The molecule has 94 valence electrons. The Labute approximate surface area is 106 Å². The summed E-state index contributed by atoms with van der Waals surface area (Å²) < 4.78 is 7.24. The topological polar surface area (TPSA) is 53.1 Å². The highest BCUT2D eigenvalue weighted by Gasteiger charge is 2.29. The lowest BCUT2D eigenvalue weighted by Crippen LogP contribution is -2.00. The molecule has 1 aliphatic carbocycles. The zero-order chi connectivity index (χ0) is 12.7. The summed E-state index contributed by atoms with van der Waals surface area (Å²) in [5.74, 6) is 3.25. The van der Waals surface area contributed by atoms with Crippen molar-refractivity contribution in [2.45, 2.75) is 18.8 Å². The fourth-order valence-corrected chi connectivity index (χ4v) is 2.22. The number of rotatable bonds is 3. The summed E-state index contributed by atoms with van der Waals surface area (Å²) in [6.45, 7) is 0. The SMILES string of the molecule is COc1cccc(-c2nc(C3CC3)n(C)c2N)c1. The highest BCUT2D eigenvalue weighted by atomic mass is 16.5. The van der Waals surface area contributed by atoms with Gasteiger partial charge in [0.25, 0.3) is 0 Å². The molecule has 1 heterocycles. The van der Waals surface area contributed by atoms with Gasteiger partial charge in [-0.25, -0.2) is 4.98 Å². The van der Waals surface area contributed by atoms with Gasteiger partial charge in [0.2, 0.25) is 0 Å². The summed E-state index contributed by atoms with van der Waals surface area (Å²) in [7, 11) is 3.65. The maximum Gasteiger partial charge on any atom is 0.131 e. The summed E-state index contributed by atoms with van der Waals surface area (Å²) in [5.41, 5.74) is 8.02. The molecule has 1 aromatic heterocycles. The molecule has 1 fully saturated rings. The molecular weight excluding hydrogens is 226 g/mol. The lowest BCUT2D eigenvalue weighted by molar-refractivity contribution is 0.415. The fourth-order valence-electron chi connectivity index (χ4n) is 2.22. The number of nitrogens with zero attached hydrogens (tertiary/aromatic N) is 2. The van der Waals surface area contributed by atoms with Gasteiger partial charge in [-0.3, -0.25) is 0 Å². The van der Waals surface area contributed by atoms with Crippen molar-refractivity contribution in [2.75, 3.05) is 12.8 Å². The molecule has 2 aromatic rings. The number of ether oxygens (including phenoxy) is 1. The Bertz CT molecular complexity index is 585. The van der Waals surface area contributed by atoms with Crippen LogP contribution < -0.4 is 10.5 Å². The van der Waals surface area contributed by atoms with E-state index in [0.29, 0.717) is 5.92 Å². The van der Waals surface area contributed by atoms with E-state index in [2.05, 4.69) is 0 Å². The van der Waals surface area contributed by atoms with Gasteiger partial charge in [-0.05, 0) is 25.0 Å². The van der Waals surface area contributed by atoms with Crippen LogP contribution in [0, 0.1) is 0 Å². The third-order valence-corrected chi connectivity index (χ3v) is 3.46. The van der Waals surface area contributed by atoms with E-state index in [1.165, 1.54) is 12.8 Å². The van der Waals surface area contributed by atoms with E-state index in [1.54, 1.807) is 7.11 Å². The Hall–Kier alpha value is -1.97. The molecule has 0 unspecified atom stereocenters. The number of nitrogen functional groups attached to an aromatic ring is 1. The van der Waals surface area contributed by atoms with E-state index in [4.69, 9.17) is 15.5 Å². The van der Waals surface area contributed by atoms with Crippen LogP contribution in [0.2, 0.25) is 0 Å². The highest BCUT2D eigenvalue weighted by molar-refractivity contribution is 5.72. The number of aromatic nitrogens is 2. The molecule has 0 atom stereocenters. The van der Waals surface area contributed by atoms with E-state index >= 15 is 0 Å². The Morgan fingerprint density at radius 2 is 2.17 bits per heavy atom. The van der Waals surface area contributed by atoms with E-state index in [-0.39, 0.29) is 0 Å². The summed E-state index contributed by atoms with van der Waals surface area (Å²) in [5, 5.41) is 0. The van der Waals surface area contributed by atoms with E-state index in [1.807, 2.05) is 35.9 Å². The quantitative estimate of drug-likeness (QED) is 0.901. The first-order valence-electron chi connectivity index (χ1n) is 6.17. The van der Waals surface area contributed by atoms with Gasteiger partial charge < -0.3 is 15.0 Å². The van der Waals surface area contributed by atoms with E-state index in [9.17, 15) is 0 Å². The number of hydrogen-bond acceptors (Lipinski definition) is 3. The van der Waals surface area contributed by atoms with Crippen LogP contribution in [0.5, 0.6) is 5.75 Å². The second-order valence-corrected chi connectivity index (χ2v) is 4.77. The maximum atomic E-state index is 6.15. The van der Waals surface area contributed by atoms with Crippen molar-refractivity contribution in [1.29, 1.82) is 0 Å². The average molecular weight is 243 g/mol. The number of benzene rings is 1. The monoisotopic (exact) mass is 243 g/mol. The Balaban J connectivity index is 2.07. The van der Waals surface area contributed by atoms with Gasteiger partial charge in [-0.1, -0.05) is 12.1 Å². The van der Waals surface area contributed by atoms with Gasteiger partial charge in [0.1, 0.15) is 23.1 Å². The number of methoxy groups -OCH3 is 1. The summed E-state index contributed by atoms with van der Waals surface area (Å²) in [4.78, 5) is 4.70. The van der Waals surface area contributed by atoms with Crippen LogP contribution in [0.3, 0.4) is 0 Å². The number of nitrogens with two attached hydrogens (primary N) is 1. The van der Waals surface area contributed by atoms with E-state index < -0.39 is 0 Å². The minimum atomic E-state index is 0.594. The Morgan fingerprint density at radius 3 is 2.83 bits per heavy atom. The van der Waals surface area contributed by atoms with Gasteiger partial charge in [0.05, 0.1) is 7.11 Å². The molecule has 1 aliphatic rings. The van der Waals surface area contributed by atoms with Crippen LogP contribution >= 0.6 is 0 Å². The van der Waals surface area contributed by atoms with Crippen molar-refractivity contribution < 1.29 is 4.74 Å². The second kappa shape index (κ2) is 4.05. The van der Waals surface area contributed by atoms with Crippen molar-refractivity contribution in [3.63, 3.8) is 0 Å². The molecule has 0 saturated heterocycles. The lowest BCUT2D eigenvalue weighted by atomic mass is 10.1. The van der Waals surface area contributed by atoms with Gasteiger partial charge in [0, 0.05) is 18.5 Å². The minimum Gasteiger partial charge on any atom is -0.497 e. The molecule has 0 spiro atoms. The first kappa shape index (κ1) is 11.1. The lowest BCUT2D eigenvalue weighted by Gasteiger charge is -2.03. The molecule has 1 saturated carbocycles. The summed E-state index contributed by atoms with van der Waals surface area (Å²) in [6, 6.07) is 7.86. The van der Waals surface area contributed by atoms with Crippen molar-refractivity contribution in [1.82, 2.24) is 9.55 Å². The zero-order valence-corrected chi connectivity index (χ0v) is 10.7. The number of hydrogen-bond donors (Lipinski definition) is 1. The average Bonchev–Trinajstić information content (AvgIpc) is 3.19. The second-order valence-electron chi connectivity index (χ2n) is 4.77. The van der Waals surface area contributed by atoms with E-state index in [0.717, 1.165) is 28.6 Å². The number of anilines is 1. The van der Waals surface area contributed by atoms with Crippen molar-refractivity contribution in [3.8, 4) is 17.0 Å². The Morgan fingerprint density at radius 1 is 1.39 bits per heavy atom. The van der Waals surface area contributed by atoms with Crippen LogP contribution in [-0.2, 0) is 7.05 Å². The van der Waals surface area contributed by atoms with Crippen LogP contribution in [0.15, 0.2) is 24.3 Å². The maximum absolute atomic E-state index is 6.15. The van der Waals surface area contributed by atoms with Crippen LogP contribution in [0.4, 0.5) is 5.82 Å². The molecule has 0 radical (unpaired) electrons. The van der Waals surface area contributed by atoms with Crippen LogP contribution in [0.25, 0.3) is 11.3 Å². The molecule has 0 amide bonds. The molecular formula is C14H17N3O. The first-order valence-corrected chi connectivity index (χ1v) is 6.17. The van der Waals surface area contributed by atoms with Crippen LogP contribution in [0.1, 0.15) is 24.6 Å². The predicted molar refractivity (Wildman–Crippen MR) is 71.6 cm³/mol. The first-order chi connectivity index (χ1) is 8.70. The van der Waals surface area contributed by atoms with Crippen molar-refractivity contribution >= 4 is 5.82 Å². The largest absolute Gasteiger partial charge is 0.497 e. The third kappa shape index (κ3) is 1.74. The molecule has 0 aliphatic heterocycles. The summed E-state index contributed by atoms with van der Waals surface area (Å²) >= 11 is 0. The van der Waals surface area contributed by atoms with Crippen molar-refractivity contribution in [3.05, 3.63) is 30.1 Å². The fraction of sp³-hybridized carbons (Fsp3) is 0.357. The predicted octanol–water partition coefficient (Wildman–Crippen LogP) is 2.56. The molecule has 18 heavy (non-hydrogen) atoms. The van der Waals surface area contributed by atoms with Crippen LogP contribution in [-0.4, -0.2) is 16.7 Å². The van der Waals surface area contributed by atoms with Gasteiger partial charge in [-0.2, -0.15) is 0 Å². The van der Waals surface area contributed by atoms with Gasteiger partial charge in [0.15, 0.2) is 0 Å². The molecule has 3 rings (SSSR count). The third-order valence-electron chi connectivity index (χ3n) is 3.46. The van der Waals surface area contributed by atoms with Gasteiger partial charge >= 0.3 is 0 Å². The summed E-state index contributed by atoms with van der Waals surface area (Å²) in [6.07, 6.45) is 2.45. The highest BCUT2D eigenvalue weighted by Crippen LogP contribution is 2.41. The van der Waals surface area contributed by atoms with Gasteiger partial charge in [-0.15, -0.1) is 0 Å². The molecule has 4 nitrogen and oxygen atoms in total. The Kier molecular flexibility index (Phi) is 2.51. The smallest absolute Gasteiger partial charge is 0.131 e. The number of imidazole rings is 1. The molecule has 2 N–H and O–H groups in total. The standard InChI is InChI=1S/C14H17N3O/c1-17-13(15)12(16-14(17)9-6-7-9)10-4-3-5-11(8-10)18-2/h3-5,8-9H,6-7,15H2,1-2H3. The normalized spacial score (nSPS) is 14.8. The molecule has 1 aromatic carbocycles. The molecule has 4 heteroatoms. The molecule has 0 bridgehead atoms.